The summed E-state index contributed by atoms with van der Waals surface area (Å²) >= 11 is 0. The molecule has 0 radical (unpaired) electrons. The molecular weight excluding hydrogens is 286 g/mol. The highest BCUT2D eigenvalue weighted by molar-refractivity contribution is 5.87. The Balaban J connectivity index is 1.75. The summed E-state index contributed by atoms with van der Waals surface area (Å²) in [6.45, 7) is 0. The summed E-state index contributed by atoms with van der Waals surface area (Å²) in [4.78, 5) is 24.9. The van der Waals surface area contributed by atoms with Crippen molar-refractivity contribution >= 4 is 11.9 Å². The molecular formula is C14H15N5O3. The largest absolute Gasteiger partial charge is 0.467 e. The molecule has 0 spiro atoms. The number of benzene rings is 1. The molecule has 3 rings (SSSR count). The minimum Gasteiger partial charge on any atom is -0.467 e. The van der Waals surface area contributed by atoms with Crippen molar-refractivity contribution in [2.45, 2.75) is 24.9 Å². The Kier molecular flexibility index (Phi) is 3.82. The Labute approximate surface area is 126 Å². The fourth-order valence-corrected chi connectivity index (χ4v) is 2.40. The van der Waals surface area contributed by atoms with E-state index in [4.69, 9.17) is 0 Å². The quantitative estimate of drug-likeness (QED) is 0.820. The number of rotatable bonds is 3. The lowest BCUT2D eigenvalue weighted by molar-refractivity contribution is -0.147. The zero-order chi connectivity index (χ0) is 15.5. The number of piperidine rings is 1. The zero-order valence-electron chi connectivity index (χ0n) is 12.0. The van der Waals surface area contributed by atoms with Gasteiger partial charge in [-0.25, -0.2) is 4.79 Å². The highest BCUT2D eigenvalue weighted by Gasteiger charge is 2.34. The van der Waals surface area contributed by atoms with Gasteiger partial charge >= 0.3 is 5.97 Å². The zero-order valence-corrected chi connectivity index (χ0v) is 12.0. The molecule has 1 fully saturated rings. The number of ether oxygens (including phenoxy) is 1. The SMILES string of the molecule is COC(=O)[C@@H]1CC[C@H](n2nnc(-c3ccccc3)n2)C(=O)N1. The predicted octanol–water partition coefficient (Wildman–Crippen LogP) is 0.333. The predicted molar refractivity (Wildman–Crippen MR) is 75.5 cm³/mol. The number of tetrazole rings is 1. The average Bonchev–Trinajstić information content (AvgIpc) is 3.04. The van der Waals surface area contributed by atoms with Gasteiger partial charge < -0.3 is 10.1 Å². The maximum Gasteiger partial charge on any atom is 0.328 e. The minimum absolute atomic E-state index is 0.307. The Morgan fingerprint density at radius 2 is 2.09 bits per heavy atom. The molecule has 2 aromatic rings. The van der Waals surface area contributed by atoms with Gasteiger partial charge in [-0.1, -0.05) is 30.3 Å². The molecule has 2 atom stereocenters. The first-order valence-electron chi connectivity index (χ1n) is 6.92. The molecule has 114 valence electrons. The maximum atomic E-state index is 12.1. The van der Waals surface area contributed by atoms with Crippen LogP contribution in [-0.4, -0.2) is 45.2 Å². The summed E-state index contributed by atoms with van der Waals surface area (Å²) in [7, 11) is 1.30. The molecule has 1 aromatic carbocycles. The first-order chi connectivity index (χ1) is 10.7. The number of hydrogen-bond acceptors (Lipinski definition) is 6. The number of nitrogens with one attached hydrogen (secondary N) is 1. The van der Waals surface area contributed by atoms with Crippen LogP contribution in [-0.2, 0) is 14.3 Å². The second kappa shape index (κ2) is 5.92. The van der Waals surface area contributed by atoms with E-state index >= 15 is 0 Å². The van der Waals surface area contributed by atoms with Crippen LogP contribution in [0.1, 0.15) is 18.9 Å². The van der Waals surface area contributed by atoms with E-state index in [9.17, 15) is 9.59 Å². The molecule has 1 aromatic heterocycles. The van der Waals surface area contributed by atoms with Crippen LogP contribution in [0.4, 0.5) is 0 Å². The Bertz CT molecular complexity index is 685. The van der Waals surface area contributed by atoms with Gasteiger partial charge in [0.2, 0.25) is 11.7 Å². The average molecular weight is 301 g/mol. The van der Waals surface area contributed by atoms with Crippen LogP contribution in [0.5, 0.6) is 0 Å². The van der Waals surface area contributed by atoms with Crippen LogP contribution < -0.4 is 5.32 Å². The monoisotopic (exact) mass is 301 g/mol. The first kappa shape index (κ1) is 14.2. The molecule has 0 saturated carbocycles. The van der Waals surface area contributed by atoms with Gasteiger partial charge in [-0.15, -0.1) is 10.2 Å². The molecule has 22 heavy (non-hydrogen) atoms. The van der Waals surface area contributed by atoms with Gasteiger partial charge in [0.25, 0.3) is 0 Å². The van der Waals surface area contributed by atoms with Gasteiger partial charge in [0.05, 0.1) is 7.11 Å². The summed E-state index contributed by atoms with van der Waals surface area (Å²) in [5, 5.41) is 14.8. The van der Waals surface area contributed by atoms with E-state index in [0.29, 0.717) is 18.7 Å². The highest BCUT2D eigenvalue weighted by Crippen LogP contribution is 2.21. The molecule has 8 heteroatoms. The molecule has 1 aliphatic heterocycles. The number of amides is 1. The van der Waals surface area contributed by atoms with Gasteiger partial charge in [0.15, 0.2) is 6.04 Å². The summed E-state index contributed by atoms with van der Waals surface area (Å²) in [6.07, 6.45) is 0.932. The van der Waals surface area contributed by atoms with Gasteiger partial charge in [-0.2, -0.15) is 4.80 Å². The van der Waals surface area contributed by atoms with Crippen LogP contribution in [0.3, 0.4) is 0 Å². The number of carbonyl (C=O) groups excluding carboxylic acids is 2. The van der Waals surface area contributed by atoms with E-state index in [1.54, 1.807) is 0 Å². The van der Waals surface area contributed by atoms with Gasteiger partial charge in [0.1, 0.15) is 6.04 Å². The molecule has 0 aliphatic carbocycles. The first-order valence-corrected chi connectivity index (χ1v) is 6.92. The van der Waals surface area contributed by atoms with Gasteiger partial charge in [-0.3, -0.25) is 4.79 Å². The summed E-state index contributed by atoms with van der Waals surface area (Å²) in [5.74, 6) is -0.287. The second-order valence-corrected chi connectivity index (χ2v) is 4.98. The second-order valence-electron chi connectivity index (χ2n) is 4.98. The number of methoxy groups -OCH3 is 1. The number of aromatic nitrogens is 4. The van der Waals surface area contributed by atoms with Crippen molar-refractivity contribution in [3.63, 3.8) is 0 Å². The van der Waals surface area contributed by atoms with Crippen LogP contribution in [0.2, 0.25) is 0 Å². The van der Waals surface area contributed by atoms with Crippen molar-refractivity contribution < 1.29 is 14.3 Å². The molecule has 1 aliphatic rings. The molecule has 2 heterocycles. The van der Waals surface area contributed by atoms with Crippen molar-refractivity contribution in [1.29, 1.82) is 0 Å². The van der Waals surface area contributed by atoms with E-state index in [-0.39, 0.29) is 5.91 Å². The van der Waals surface area contributed by atoms with Crippen molar-refractivity contribution in [3.05, 3.63) is 30.3 Å². The smallest absolute Gasteiger partial charge is 0.328 e. The topological polar surface area (TPSA) is 99.0 Å². The molecule has 0 unspecified atom stereocenters. The minimum atomic E-state index is -0.606. The summed E-state index contributed by atoms with van der Waals surface area (Å²) < 4.78 is 4.64. The number of carbonyl (C=O) groups is 2. The van der Waals surface area contributed by atoms with Crippen LogP contribution in [0.15, 0.2) is 30.3 Å². The lowest BCUT2D eigenvalue weighted by atomic mass is 10.0. The van der Waals surface area contributed by atoms with Crippen molar-refractivity contribution in [2.24, 2.45) is 0 Å². The number of hydrogen-bond donors (Lipinski definition) is 1. The van der Waals surface area contributed by atoms with Crippen molar-refractivity contribution in [3.8, 4) is 11.4 Å². The van der Waals surface area contributed by atoms with E-state index < -0.39 is 18.1 Å². The summed E-state index contributed by atoms with van der Waals surface area (Å²) in [5.41, 5.74) is 0.831. The third-order valence-electron chi connectivity index (χ3n) is 3.57. The molecule has 8 nitrogen and oxygen atoms in total. The van der Waals surface area contributed by atoms with Gasteiger partial charge in [0, 0.05) is 5.56 Å². The Morgan fingerprint density at radius 3 is 2.77 bits per heavy atom. The third kappa shape index (κ3) is 2.67. The fourth-order valence-electron chi connectivity index (χ4n) is 2.40. The molecule has 1 amide bonds. The van der Waals surface area contributed by atoms with E-state index in [1.807, 2.05) is 30.3 Å². The Hall–Kier alpha value is -2.77. The van der Waals surface area contributed by atoms with Crippen molar-refractivity contribution in [1.82, 2.24) is 25.5 Å². The van der Waals surface area contributed by atoms with Crippen LogP contribution in [0.25, 0.3) is 11.4 Å². The lowest BCUT2D eigenvalue weighted by Crippen LogP contribution is -2.49. The normalized spacial score (nSPS) is 21.2. The highest BCUT2D eigenvalue weighted by atomic mass is 16.5. The summed E-state index contributed by atoms with van der Waals surface area (Å²) in [6, 6.07) is 8.23. The van der Waals surface area contributed by atoms with Gasteiger partial charge in [-0.05, 0) is 18.1 Å². The number of nitrogens with zero attached hydrogens (tertiary/aromatic N) is 4. The standard InChI is InChI=1S/C14H15N5O3/c1-22-14(21)10-7-8-11(13(20)15-10)19-17-12(16-18-19)9-5-3-2-4-6-9/h2-6,10-11H,7-8H2,1H3,(H,15,20)/t10-,11-/m0/s1. The van der Waals surface area contributed by atoms with Crippen LogP contribution >= 0.6 is 0 Å². The van der Waals surface area contributed by atoms with E-state index in [1.165, 1.54) is 11.9 Å². The Morgan fingerprint density at radius 1 is 1.32 bits per heavy atom. The molecule has 1 saturated heterocycles. The fraction of sp³-hybridized carbons (Fsp3) is 0.357. The van der Waals surface area contributed by atoms with Crippen molar-refractivity contribution in [2.75, 3.05) is 7.11 Å². The van der Waals surface area contributed by atoms with E-state index in [0.717, 1.165) is 5.56 Å². The lowest BCUT2D eigenvalue weighted by Gasteiger charge is -2.26. The maximum absolute atomic E-state index is 12.1. The molecule has 0 bridgehead atoms. The number of esters is 1. The molecule has 1 N–H and O–H groups in total. The van der Waals surface area contributed by atoms with E-state index in [2.05, 4.69) is 25.5 Å². The van der Waals surface area contributed by atoms with Crippen LogP contribution in [0, 0.1) is 0 Å². The third-order valence-corrected chi connectivity index (χ3v) is 3.57.